The van der Waals surface area contributed by atoms with Crippen molar-refractivity contribution in [2.24, 2.45) is 5.92 Å². The summed E-state index contributed by atoms with van der Waals surface area (Å²) in [7, 11) is 1.64. The Kier molecular flexibility index (Phi) is 10.2. The van der Waals surface area contributed by atoms with Crippen LogP contribution >= 0.6 is 35.6 Å². The molecule has 4 rings (SSSR count). The molecule has 1 aliphatic rings. The van der Waals surface area contributed by atoms with Gasteiger partial charge in [0.15, 0.2) is 0 Å². The molecule has 2 heterocycles. The van der Waals surface area contributed by atoms with Gasteiger partial charge in [-0.2, -0.15) is 0 Å². The molecule has 1 unspecified atom stereocenters. The van der Waals surface area contributed by atoms with E-state index >= 15 is 0 Å². The van der Waals surface area contributed by atoms with E-state index in [1.165, 1.54) is 0 Å². The summed E-state index contributed by atoms with van der Waals surface area (Å²) in [5, 5.41) is 4.28. The van der Waals surface area contributed by atoms with Crippen LogP contribution in [0, 0.1) is 5.92 Å². The Morgan fingerprint density at radius 1 is 1.11 bits per heavy atom. The Morgan fingerprint density at radius 3 is 2.57 bits per heavy atom. The molecule has 0 radical (unpaired) electrons. The third-order valence-corrected chi connectivity index (χ3v) is 6.95. The number of hydrogen-bond donors (Lipinski definition) is 1. The van der Waals surface area contributed by atoms with Crippen LogP contribution in [0.5, 0.6) is 5.75 Å². The molecule has 0 aliphatic carbocycles. The zero-order valence-corrected chi connectivity index (χ0v) is 21.9. The lowest BCUT2D eigenvalue weighted by Gasteiger charge is -2.17. The summed E-state index contributed by atoms with van der Waals surface area (Å²) in [5.74, 6) is 1.93. The van der Waals surface area contributed by atoms with Gasteiger partial charge >= 0.3 is 0 Å². The molecule has 3 aromatic rings. The third-order valence-electron chi connectivity index (χ3n) is 6.09. The molecule has 6 nitrogen and oxygen atoms in total. The Hall–Kier alpha value is -2.38. The second-order valence-corrected chi connectivity index (χ2v) is 9.31. The average molecular weight is 536 g/mol. The number of carbonyl (C=O) groups excluding carboxylic acids is 1. The lowest BCUT2D eigenvalue weighted by atomic mass is 10.1. The maximum absolute atomic E-state index is 12.4. The van der Waals surface area contributed by atoms with Crippen molar-refractivity contribution in [3.05, 3.63) is 76.3 Å². The molecule has 0 saturated carbocycles. The normalized spacial score (nSPS) is 15.5. The molecule has 2 aromatic carbocycles. The number of hydrogen-bond acceptors (Lipinski definition) is 5. The van der Waals surface area contributed by atoms with Gasteiger partial charge < -0.3 is 10.1 Å². The molecule has 1 aliphatic heterocycles. The van der Waals surface area contributed by atoms with Gasteiger partial charge in [0, 0.05) is 50.4 Å². The number of methoxy groups -OCH3 is 1. The van der Waals surface area contributed by atoms with Crippen LogP contribution in [0.1, 0.15) is 24.2 Å². The van der Waals surface area contributed by atoms with Crippen molar-refractivity contribution in [2.75, 3.05) is 26.7 Å². The molecular weight excluding hydrogens is 507 g/mol. The van der Waals surface area contributed by atoms with Gasteiger partial charge in [-0.25, -0.2) is 9.97 Å². The lowest BCUT2D eigenvalue weighted by molar-refractivity contribution is -0.121. The van der Waals surface area contributed by atoms with Gasteiger partial charge in [0.25, 0.3) is 0 Å². The highest BCUT2D eigenvalue weighted by atomic mass is 35.5. The first-order valence-corrected chi connectivity index (χ1v) is 12.1. The van der Waals surface area contributed by atoms with Crippen molar-refractivity contribution in [2.45, 2.75) is 25.8 Å². The van der Waals surface area contributed by atoms with Crippen LogP contribution < -0.4 is 10.1 Å². The standard InChI is InChI=1S/C26H28Cl2N4O2.ClH/c1-34-22-7-5-19(6-8-22)21-14-29-24(30-15-21)9-10-25(33)31-13-18-11-12-32(16-18)17-20-3-2-4-23(27)26(20)28;/h2-8,14-15,18H,9-13,16-17H2,1H3,(H,31,33);1H. The Morgan fingerprint density at radius 2 is 1.86 bits per heavy atom. The van der Waals surface area contributed by atoms with Gasteiger partial charge in [-0.3, -0.25) is 9.69 Å². The first-order valence-electron chi connectivity index (χ1n) is 11.4. The minimum atomic E-state index is 0. The van der Waals surface area contributed by atoms with Crippen molar-refractivity contribution in [1.29, 1.82) is 0 Å². The molecule has 1 saturated heterocycles. The van der Waals surface area contributed by atoms with Crippen LogP contribution in [-0.4, -0.2) is 47.5 Å². The molecule has 186 valence electrons. The molecule has 35 heavy (non-hydrogen) atoms. The first-order chi connectivity index (χ1) is 16.5. The van der Waals surface area contributed by atoms with E-state index in [1.54, 1.807) is 25.6 Å². The summed E-state index contributed by atoms with van der Waals surface area (Å²) >= 11 is 12.4. The maximum atomic E-state index is 12.4. The van der Waals surface area contributed by atoms with E-state index in [0.29, 0.717) is 41.2 Å². The Bertz CT molecular complexity index is 1110. The number of halogens is 3. The fraction of sp³-hybridized carbons (Fsp3) is 0.346. The van der Waals surface area contributed by atoms with Gasteiger partial charge in [0.1, 0.15) is 11.6 Å². The van der Waals surface area contributed by atoms with Gasteiger partial charge in [0.2, 0.25) is 5.91 Å². The highest BCUT2D eigenvalue weighted by Crippen LogP contribution is 2.28. The second-order valence-electron chi connectivity index (χ2n) is 8.52. The van der Waals surface area contributed by atoms with E-state index in [4.69, 9.17) is 27.9 Å². The second kappa shape index (κ2) is 13.1. The molecule has 1 N–H and O–H groups in total. The lowest BCUT2D eigenvalue weighted by Crippen LogP contribution is -2.31. The van der Waals surface area contributed by atoms with Gasteiger partial charge in [-0.1, -0.05) is 47.5 Å². The van der Waals surface area contributed by atoms with Gasteiger partial charge in [-0.15, -0.1) is 12.4 Å². The number of nitrogens with one attached hydrogen (secondary N) is 1. The van der Waals surface area contributed by atoms with Gasteiger partial charge in [0.05, 0.1) is 17.2 Å². The zero-order valence-electron chi connectivity index (χ0n) is 19.5. The van der Waals surface area contributed by atoms with Crippen LogP contribution in [0.2, 0.25) is 10.0 Å². The van der Waals surface area contributed by atoms with E-state index in [-0.39, 0.29) is 18.3 Å². The molecule has 1 fully saturated rings. The summed E-state index contributed by atoms with van der Waals surface area (Å²) in [6.45, 7) is 3.36. The number of carbonyl (C=O) groups is 1. The highest BCUT2D eigenvalue weighted by molar-refractivity contribution is 6.42. The number of aromatic nitrogens is 2. The predicted molar refractivity (Wildman–Crippen MR) is 142 cm³/mol. The number of benzene rings is 2. The zero-order chi connectivity index (χ0) is 23.9. The number of ether oxygens (including phenoxy) is 1. The summed E-state index contributed by atoms with van der Waals surface area (Å²) in [4.78, 5) is 23.5. The van der Waals surface area contributed by atoms with Crippen molar-refractivity contribution in [3.8, 4) is 16.9 Å². The summed E-state index contributed by atoms with van der Waals surface area (Å²) < 4.78 is 5.19. The van der Waals surface area contributed by atoms with Crippen LogP contribution in [0.3, 0.4) is 0 Å². The van der Waals surface area contributed by atoms with Gasteiger partial charge in [-0.05, 0) is 48.2 Å². The molecule has 1 atom stereocenters. The fourth-order valence-corrected chi connectivity index (χ4v) is 4.50. The molecule has 9 heteroatoms. The van der Waals surface area contributed by atoms with Crippen molar-refractivity contribution in [3.63, 3.8) is 0 Å². The smallest absolute Gasteiger partial charge is 0.220 e. The fourth-order valence-electron chi connectivity index (χ4n) is 4.12. The Labute approximate surface area is 222 Å². The largest absolute Gasteiger partial charge is 0.497 e. The number of aryl methyl sites for hydroxylation is 1. The number of amides is 1. The molecular formula is C26H29Cl3N4O2. The minimum Gasteiger partial charge on any atom is -0.497 e. The average Bonchev–Trinajstić information content (AvgIpc) is 3.32. The summed E-state index contributed by atoms with van der Waals surface area (Å²) in [6, 6.07) is 13.5. The monoisotopic (exact) mass is 534 g/mol. The van der Waals surface area contributed by atoms with Crippen LogP contribution in [0.15, 0.2) is 54.9 Å². The van der Waals surface area contributed by atoms with Crippen LogP contribution in [0.4, 0.5) is 0 Å². The number of likely N-dealkylation sites (tertiary alicyclic amines) is 1. The number of rotatable bonds is 9. The third kappa shape index (κ3) is 7.55. The summed E-state index contributed by atoms with van der Waals surface area (Å²) in [6.07, 6.45) is 5.52. The quantitative estimate of drug-likeness (QED) is 0.395. The molecule has 0 bridgehead atoms. The van der Waals surface area contributed by atoms with Crippen molar-refractivity contribution < 1.29 is 9.53 Å². The highest BCUT2D eigenvalue weighted by Gasteiger charge is 2.23. The van der Waals surface area contributed by atoms with E-state index in [9.17, 15) is 4.79 Å². The van der Waals surface area contributed by atoms with E-state index in [1.807, 2.05) is 36.4 Å². The van der Waals surface area contributed by atoms with E-state index < -0.39 is 0 Å². The van der Waals surface area contributed by atoms with E-state index in [2.05, 4.69) is 20.2 Å². The van der Waals surface area contributed by atoms with Crippen molar-refractivity contribution in [1.82, 2.24) is 20.2 Å². The SMILES string of the molecule is COc1ccc(-c2cnc(CCC(=O)NCC3CCN(Cc4cccc(Cl)c4Cl)C3)nc2)cc1.Cl. The molecule has 1 amide bonds. The van der Waals surface area contributed by atoms with Crippen LogP contribution in [0.25, 0.3) is 11.1 Å². The molecule has 1 aromatic heterocycles. The summed E-state index contributed by atoms with van der Waals surface area (Å²) in [5.41, 5.74) is 2.99. The first kappa shape index (κ1) is 27.2. The van der Waals surface area contributed by atoms with E-state index in [0.717, 1.165) is 48.5 Å². The maximum Gasteiger partial charge on any atom is 0.220 e. The van der Waals surface area contributed by atoms with Crippen molar-refractivity contribution >= 4 is 41.5 Å². The van der Waals surface area contributed by atoms with Crippen LogP contribution in [-0.2, 0) is 17.8 Å². The topological polar surface area (TPSA) is 67.3 Å². The molecule has 0 spiro atoms. The number of nitrogens with zero attached hydrogens (tertiary/aromatic N) is 3. The minimum absolute atomic E-state index is 0. The predicted octanol–water partition coefficient (Wildman–Crippen LogP) is 5.45. The Balaban J connectivity index is 0.00000342.